The van der Waals surface area contributed by atoms with Gasteiger partial charge in [0, 0.05) is 19.1 Å². The number of likely N-dealkylation sites (tertiary alicyclic amines) is 1. The Bertz CT molecular complexity index is 467. The van der Waals surface area contributed by atoms with Crippen molar-refractivity contribution in [1.82, 2.24) is 14.9 Å². The second-order valence-electron chi connectivity index (χ2n) is 6.10. The van der Waals surface area contributed by atoms with Crippen LogP contribution in [0.4, 0.5) is 10.6 Å². The van der Waals surface area contributed by atoms with E-state index < -0.39 is 5.60 Å². The molecule has 0 aromatic carbocycles. The van der Waals surface area contributed by atoms with Gasteiger partial charge in [-0.2, -0.15) is 0 Å². The quantitative estimate of drug-likeness (QED) is 0.898. The van der Waals surface area contributed by atoms with Gasteiger partial charge in [0.25, 0.3) is 0 Å². The number of carbonyl (C=O) groups excluding carboxylic acids is 1. The molecule has 1 aromatic rings. The number of anilines is 1. The van der Waals surface area contributed by atoms with E-state index in [1.54, 1.807) is 17.3 Å². The van der Waals surface area contributed by atoms with Gasteiger partial charge in [0.2, 0.25) is 0 Å². The second-order valence-corrected chi connectivity index (χ2v) is 6.10. The first-order valence-electron chi connectivity index (χ1n) is 6.86. The van der Waals surface area contributed by atoms with Crippen molar-refractivity contribution in [3.63, 3.8) is 0 Å². The Morgan fingerprint density at radius 3 is 2.75 bits per heavy atom. The van der Waals surface area contributed by atoms with Gasteiger partial charge in [-0.3, -0.25) is 4.98 Å². The molecule has 0 aliphatic carbocycles. The Morgan fingerprint density at radius 1 is 1.40 bits per heavy atom. The van der Waals surface area contributed by atoms with Crippen LogP contribution in [0.25, 0.3) is 0 Å². The standard InChI is InChI=1S/C14H22N4O2/c1-10-7-16-12(8-15-10)17-11-5-6-18(9-11)13(19)20-14(2,3)4/h7-8,11H,5-6,9H2,1-4H3,(H,16,17)/t11-/m1/s1. The normalized spacial score (nSPS) is 19.0. The summed E-state index contributed by atoms with van der Waals surface area (Å²) in [4.78, 5) is 22.1. The molecule has 0 radical (unpaired) electrons. The molecule has 1 aliphatic rings. The van der Waals surface area contributed by atoms with Crippen LogP contribution in [0.15, 0.2) is 12.4 Å². The molecule has 110 valence electrons. The summed E-state index contributed by atoms with van der Waals surface area (Å²) >= 11 is 0. The van der Waals surface area contributed by atoms with Crippen molar-refractivity contribution in [2.75, 3.05) is 18.4 Å². The number of amides is 1. The molecule has 1 N–H and O–H groups in total. The molecule has 1 atom stereocenters. The molecular formula is C14H22N4O2. The summed E-state index contributed by atoms with van der Waals surface area (Å²) < 4.78 is 5.37. The summed E-state index contributed by atoms with van der Waals surface area (Å²) in [6.07, 6.45) is 4.07. The summed E-state index contributed by atoms with van der Waals surface area (Å²) in [5, 5.41) is 3.29. The first-order valence-corrected chi connectivity index (χ1v) is 6.86. The summed E-state index contributed by atoms with van der Waals surface area (Å²) in [6.45, 7) is 8.85. The lowest BCUT2D eigenvalue weighted by molar-refractivity contribution is 0.0293. The Balaban J connectivity index is 1.86. The Kier molecular flexibility index (Phi) is 4.11. The predicted octanol–water partition coefficient (Wildman–Crippen LogP) is 2.21. The fraction of sp³-hybridized carbons (Fsp3) is 0.643. The lowest BCUT2D eigenvalue weighted by Gasteiger charge is -2.24. The zero-order chi connectivity index (χ0) is 14.8. The van der Waals surface area contributed by atoms with Crippen LogP contribution in [0, 0.1) is 6.92 Å². The predicted molar refractivity (Wildman–Crippen MR) is 76.6 cm³/mol. The van der Waals surface area contributed by atoms with Crippen molar-refractivity contribution in [3.05, 3.63) is 18.1 Å². The summed E-state index contributed by atoms with van der Waals surface area (Å²) in [6, 6.07) is 0.194. The van der Waals surface area contributed by atoms with E-state index in [0.717, 1.165) is 17.9 Å². The van der Waals surface area contributed by atoms with Gasteiger partial charge in [0.05, 0.1) is 18.1 Å². The van der Waals surface area contributed by atoms with Crippen LogP contribution in [0.2, 0.25) is 0 Å². The number of hydrogen-bond acceptors (Lipinski definition) is 5. The average molecular weight is 278 g/mol. The third-order valence-electron chi connectivity index (χ3n) is 2.97. The largest absolute Gasteiger partial charge is 0.444 e. The Hall–Kier alpha value is -1.85. The maximum absolute atomic E-state index is 12.0. The SMILES string of the molecule is Cc1cnc(N[C@@H]2CCN(C(=O)OC(C)(C)C)C2)cn1. The zero-order valence-corrected chi connectivity index (χ0v) is 12.5. The van der Waals surface area contributed by atoms with Gasteiger partial charge in [0.15, 0.2) is 0 Å². The van der Waals surface area contributed by atoms with Crippen LogP contribution in [0.1, 0.15) is 32.9 Å². The maximum atomic E-state index is 12.0. The number of carbonyl (C=O) groups is 1. The van der Waals surface area contributed by atoms with E-state index in [-0.39, 0.29) is 12.1 Å². The average Bonchev–Trinajstić information content (AvgIpc) is 2.79. The molecular weight excluding hydrogens is 256 g/mol. The number of nitrogens with one attached hydrogen (secondary N) is 1. The fourth-order valence-corrected chi connectivity index (χ4v) is 2.05. The zero-order valence-electron chi connectivity index (χ0n) is 12.5. The van der Waals surface area contributed by atoms with Gasteiger partial charge in [0.1, 0.15) is 11.4 Å². The van der Waals surface area contributed by atoms with E-state index in [9.17, 15) is 4.79 Å². The number of rotatable bonds is 2. The van der Waals surface area contributed by atoms with Gasteiger partial charge in [-0.05, 0) is 34.1 Å². The Labute approximate surface area is 119 Å². The van der Waals surface area contributed by atoms with Crippen molar-refractivity contribution < 1.29 is 9.53 Å². The molecule has 2 heterocycles. The van der Waals surface area contributed by atoms with Gasteiger partial charge in [-0.15, -0.1) is 0 Å². The number of nitrogens with zero attached hydrogens (tertiary/aromatic N) is 3. The Morgan fingerprint density at radius 2 is 2.15 bits per heavy atom. The third kappa shape index (κ3) is 4.08. The highest BCUT2D eigenvalue weighted by molar-refractivity contribution is 5.68. The highest BCUT2D eigenvalue weighted by Crippen LogP contribution is 2.17. The van der Waals surface area contributed by atoms with Crippen LogP contribution in [0.3, 0.4) is 0 Å². The molecule has 1 amide bonds. The molecule has 6 nitrogen and oxygen atoms in total. The molecule has 1 aromatic heterocycles. The van der Waals surface area contributed by atoms with Gasteiger partial charge in [-0.1, -0.05) is 0 Å². The summed E-state index contributed by atoms with van der Waals surface area (Å²) in [5.74, 6) is 0.742. The van der Waals surface area contributed by atoms with Crippen molar-refractivity contribution >= 4 is 11.9 Å². The van der Waals surface area contributed by atoms with Crippen LogP contribution < -0.4 is 5.32 Å². The minimum absolute atomic E-state index is 0.194. The van der Waals surface area contributed by atoms with Gasteiger partial charge in [-0.25, -0.2) is 9.78 Å². The smallest absolute Gasteiger partial charge is 0.410 e. The molecule has 1 fully saturated rings. The molecule has 0 bridgehead atoms. The van der Waals surface area contributed by atoms with Crippen LogP contribution >= 0.6 is 0 Å². The van der Waals surface area contributed by atoms with Crippen molar-refractivity contribution in [2.24, 2.45) is 0 Å². The van der Waals surface area contributed by atoms with E-state index in [2.05, 4.69) is 15.3 Å². The summed E-state index contributed by atoms with van der Waals surface area (Å²) in [7, 11) is 0. The minimum atomic E-state index is -0.453. The molecule has 2 rings (SSSR count). The van der Waals surface area contributed by atoms with Crippen LogP contribution in [-0.4, -0.2) is 45.7 Å². The molecule has 1 saturated heterocycles. The first-order chi connectivity index (χ1) is 9.33. The van der Waals surface area contributed by atoms with E-state index in [1.165, 1.54) is 0 Å². The number of ether oxygens (including phenoxy) is 1. The summed E-state index contributed by atoms with van der Waals surface area (Å²) in [5.41, 5.74) is 0.433. The highest BCUT2D eigenvalue weighted by Gasteiger charge is 2.29. The molecule has 0 spiro atoms. The lowest BCUT2D eigenvalue weighted by Crippen LogP contribution is -2.36. The van der Waals surface area contributed by atoms with Crippen molar-refractivity contribution in [1.29, 1.82) is 0 Å². The van der Waals surface area contributed by atoms with Crippen LogP contribution in [0.5, 0.6) is 0 Å². The van der Waals surface area contributed by atoms with E-state index >= 15 is 0 Å². The van der Waals surface area contributed by atoms with Gasteiger partial charge >= 0.3 is 6.09 Å². The van der Waals surface area contributed by atoms with E-state index in [1.807, 2.05) is 27.7 Å². The monoisotopic (exact) mass is 278 g/mol. The van der Waals surface area contributed by atoms with E-state index in [4.69, 9.17) is 4.74 Å². The highest BCUT2D eigenvalue weighted by atomic mass is 16.6. The molecule has 6 heteroatoms. The molecule has 0 saturated carbocycles. The number of aromatic nitrogens is 2. The number of hydrogen-bond donors (Lipinski definition) is 1. The molecule has 0 unspecified atom stereocenters. The maximum Gasteiger partial charge on any atom is 0.410 e. The van der Waals surface area contributed by atoms with E-state index in [0.29, 0.717) is 13.1 Å². The van der Waals surface area contributed by atoms with Crippen molar-refractivity contribution in [2.45, 2.75) is 45.8 Å². The molecule has 20 heavy (non-hydrogen) atoms. The second kappa shape index (κ2) is 5.64. The topological polar surface area (TPSA) is 67.4 Å². The van der Waals surface area contributed by atoms with Crippen molar-refractivity contribution in [3.8, 4) is 0 Å². The molecule has 1 aliphatic heterocycles. The fourth-order valence-electron chi connectivity index (χ4n) is 2.05. The van der Waals surface area contributed by atoms with Crippen LogP contribution in [-0.2, 0) is 4.74 Å². The minimum Gasteiger partial charge on any atom is -0.444 e. The van der Waals surface area contributed by atoms with Gasteiger partial charge < -0.3 is 15.0 Å². The lowest BCUT2D eigenvalue weighted by atomic mass is 10.2. The number of aryl methyl sites for hydroxylation is 1. The first kappa shape index (κ1) is 14.6. The third-order valence-corrected chi connectivity index (χ3v) is 2.97.